The lowest BCUT2D eigenvalue weighted by Crippen LogP contribution is -2.29. The van der Waals surface area contributed by atoms with Crippen molar-refractivity contribution >= 4 is 15.9 Å². The van der Waals surface area contributed by atoms with E-state index in [1.54, 1.807) is 0 Å². The second-order valence-electron chi connectivity index (χ2n) is 4.38. The summed E-state index contributed by atoms with van der Waals surface area (Å²) in [5.74, 6) is 0. The van der Waals surface area contributed by atoms with Crippen molar-refractivity contribution in [3.8, 4) is 0 Å². The van der Waals surface area contributed by atoms with E-state index in [-0.39, 0.29) is 0 Å². The van der Waals surface area contributed by atoms with E-state index in [9.17, 15) is 0 Å². The standard InChI is InChI=1S/C13H27BrO2/c1-4-7-13(11-14,8-5-2)12-16-10-9-15-6-3/h4-12H2,1-3H3. The number of alkyl halides is 1. The predicted molar refractivity (Wildman–Crippen MR) is 73.4 cm³/mol. The van der Waals surface area contributed by atoms with Crippen LogP contribution in [0.5, 0.6) is 0 Å². The summed E-state index contributed by atoms with van der Waals surface area (Å²) in [6, 6.07) is 0. The van der Waals surface area contributed by atoms with Crippen molar-refractivity contribution < 1.29 is 9.47 Å². The van der Waals surface area contributed by atoms with Gasteiger partial charge in [0, 0.05) is 17.4 Å². The van der Waals surface area contributed by atoms with Gasteiger partial charge in [0.15, 0.2) is 0 Å². The zero-order valence-electron chi connectivity index (χ0n) is 11.1. The minimum absolute atomic E-state index is 0.329. The third-order valence-corrected chi connectivity index (χ3v) is 4.02. The molecular weight excluding hydrogens is 268 g/mol. The van der Waals surface area contributed by atoms with E-state index in [4.69, 9.17) is 9.47 Å². The molecule has 0 aromatic rings. The van der Waals surface area contributed by atoms with Gasteiger partial charge in [0.2, 0.25) is 0 Å². The Hall–Kier alpha value is 0.400. The maximum absolute atomic E-state index is 5.74. The van der Waals surface area contributed by atoms with Crippen LogP contribution in [0.2, 0.25) is 0 Å². The Kier molecular flexibility index (Phi) is 10.8. The monoisotopic (exact) mass is 294 g/mol. The van der Waals surface area contributed by atoms with Crippen LogP contribution in [-0.4, -0.2) is 31.8 Å². The van der Waals surface area contributed by atoms with Gasteiger partial charge in [-0.1, -0.05) is 42.6 Å². The normalized spacial score (nSPS) is 12.0. The highest BCUT2D eigenvalue weighted by Gasteiger charge is 2.27. The third-order valence-electron chi connectivity index (χ3n) is 2.83. The van der Waals surface area contributed by atoms with E-state index in [1.165, 1.54) is 25.7 Å². The van der Waals surface area contributed by atoms with Crippen molar-refractivity contribution in [1.29, 1.82) is 0 Å². The topological polar surface area (TPSA) is 18.5 Å². The van der Waals surface area contributed by atoms with Crippen LogP contribution in [-0.2, 0) is 9.47 Å². The zero-order chi connectivity index (χ0) is 12.3. The second kappa shape index (κ2) is 10.5. The first-order chi connectivity index (χ1) is 7.74. The van der Waals surface area contributed by atoms with Gasteiger partial charge >= 0.3 is 0 Å². The first-order valence-corrected chi connectivity index (χ1v) is 7.58. The summed E-state index contributed by atoms with van der Waals surface area (Å²) in [4.78, 5) is 0. The van der Waals surface area contributed by atoms with Crippen LogP contribution in [0, 0.1) is 5.41 Å². The molecule has 0 aromatic carbocycles. The molecule has 0 aromatic heterocycles. The molecule has 0 aliphatic carbocycles. The van der Waals surface area contributed by atoms with Crippen LogP contribution in [0.1, 0.15) is 46.5 Å². The Morgan fingerprint density at radius 1 is 0.938 bits per heavy atom. The Morgan fingerprint density at radius 2 is 1.50 bits per heavy atom. The van der Waals surface area contributed by atoms with E-state index in [0.717, 1.165) is 25.2 Å². The predicted octanol–water partition coefficient (Wildman–Crippen LogP) is 4.02. The minimum Gasteiger partial charge on any atom is -0.379 e. The maximum atomic E-state index is 5.74. The zero-order valence-corrected chi connectivity index (χ0v) is 12.6. The Morgan fingerprint density at radius 3 is 1.94 bits per heavy atom. The number of hydrogen-bond donors (Lipinski definition) is 0. The van der Waals surface area contributed by atoms with Crippen molar-refractivity contribution in [3.63, 3.8) is 0 Å². The second-order valence-corrected chi connectivity index (χ2v) is 4.94. The molecule has 0 rings (SSSR count). The van der Waals surface area contributed by atoms with Crippen LogP contribution in [0.25, 0.3) is 0 Å². The summed E-state index contributed by atoms with van der Waals surface area (Å²) in [6.45, 7) is 9.56. The Labute approximate surface area is 109 Å². The largest absolute Gasteiger partial charge is 0.379 e. The lowest BCUT2D eigenvalue weighted by molar-refractivity contribution is 0.00833. The summed E-state index contributed by atoms with van der Waals surface area (Å²) in [7, 11) is 0. The van der Waals surface area contributed by atoms with Gasteiger partial charge in [0.05, 0.1) is 19.8 Å². The number of rotatable bonds is 11. The summed E-state index contributed by atoms with van der Waals surface area (Å²) < 4.78 is 11.0. The van der Waals surface area contributed by atoms with Gasteiger partial charge in [0.1, 0.15) is 0 Å². The fourth-order valence-electron chi connectivity index (χ4n) is 2.05. The molecule has 0 heterocycles. The van der Waals surface area contributed by atoms with Gasteiger partial charge in [-0.05, 0) is 19.8 Å². The molecule has 2 nitrogen and oxygen atoms in total. The van der Waals surface area contributed by atoms with Crippen molar-refractivity contribution in [2.75, 3.05) is 31.8 Å². The van der Waals surface area contributed by atoms with E-state index in [2.05, 4.69) is 29.8 Å². The van der Waals surface area contributed by atoms with E-state index >= 15 is 0 Å². The van der Waals surface area contributed by atoms with Crippen molar-refractivity contribution in [2.24, 2.45) is 5.41 Å². The molecule has 0 amide bonds. The first-order valence-electron chi connectivity index (χ1n) is 6.46. The van der Waals surface area contributed by atoms with Crippen molar-refractivity contribution in [3.05, 3.63) is 0 Å². The van der Waals surface area contributed by atoms with Gasteiger partial charge in [-0.3, -0.25) is 0 Å². The molecule has 0 unspecified atom stereocenters. The molecule has 0 radical (unpaired) electrons. The van der Waals surface area contributed by atoms with E-state index < -0.39 is 0 Å². The molecule has 0 aliphatic heterocycles. The molecule has 0 saturated carbocycles. The molecule has 98 valence electrons. The molecule has 0 bridgehead atoms. The average Bonchev–Trinajstić information content (AvgIpc) is 2.29. The lowest BCUT2D eigenvalue weighted by atomic mass is 9.82. The van der Waals surface area contributed by atoms with E-state index in [0.29, 0.717) is 12.0 Å². The molecule has 0 spiro atoms. The number of ether oxygens (including phenoxy) is 2. The van der Waals surface area contributed by atoms with Gasteiger partial charge < -0.3 is 9.47 Å². The summed E-state index contributed by atoms with van der Waals surface area (Å²) in [5.41, 5.74) is 0.329. The summed E-state index contributed by atoms with van der Waals surface area (Å²) in [5, 5.41) is 1.04. The molecule has 3 heteroatoms. The highest BCUT2D eigenvalue weighted by molar-refractivity contribution is 9.09. The molecule has 0 aliphatic rings. The Balaban J connectivity index is 3.89. The maximum Gasteiger partial charge on any atom is 0.0700 e. The fourth-order valence-corrected chi connectivity index (χ4v) is 2.78. The number of hydrogen-bond acceptors (Lipinski definition) is 2. The summed E-state index contributed by atoms with van der Waals surface area (Å²) in [6.07, 6.45) is 4.92. The van der Waals surface area contributed by atoms with Gasteiger partial charge in [-0.2, -0.15) is 0 Å². The molecular formula is C13H27BrO2. The van der Waals surface area contributed by atoms with Crippen LogP contribution < -0.4 is 0 Å². The average molecular weight is 295 g/mol. The molecule has 0 atom stereocenters. The molecule has 0 saturated heterocycles. The highest BCUT2D eigenvalue weighted by atomic mass is 79.9. The quantitative estimate of drug-likeness (QED) is 0.423. The van der Waals surface area contributed by atoms with E-state index in [1.807, 2.05) is 6.92 Å². The van der Waals surface area contributed by atoms with Gasteiger partial charge in [0.25, 0.3) is 0 Å². The fraction of sp³-hybridized carbons (Fsp3) is 1.00. The number of halogens is 1. The SMILES string of the molecule is CCCC(CBr)(CCC)COCCOCC. The molecule has 0 N–H and O–H groups in total. The summed E-state index contributed by atoms with van der Waals surface area (Å²) >= 11 is 3.65. The first kappa shape index (κ1) is 16.4. The van der Waals surface area contributed by atoms with Crippen LogP contribution >= 0.6 is 15.9 Å². The minimum atomic E-state index is 0.329. The van der Waals surface area contributed by atoms with Crippen LogP contribution in [0.15, 0.2) is 0 Å². The third kappa shape index (κ3) is 6.87. The molecule has 0 fully saturated rings. The van der Waals surface area contributed by atoms with Crippen LogP contribution in [0.4, 0.5) is 0 Å². The smallest absolute Gasteiger partial charge is 0.0700 e. The highest BCUT2D eigenvalue weighted by Crippen LogP contribution is 2.32. The van der Waals surface area contributed by atoms with Crippen molar-refractivity contribution in [1.82, 2.24) is 0 Å². The van der Waals surface area contributed by atoms with Gasteiger partial charge in [-0.25, -0.2) is 0 Å². The Bertz CT molecular complexity index is 145. The van der Waals surface area contributed by atoms with Gasteiger partial charge in [-0.15, -0.1) is 0 Å². The lowest BCUT2D eigenvalue weighted by Gasteiger charge is -2.31. The van der Waals surface area contributed by atoms with Crippen LogP contribution in [0.3, 0.4) is 0 Å². The van der Waals surface area contributed by atoms with Crippen molar-refractivity contribution in [2.45, 2.75) is 46.5 Å². The molecule has 16 heavy (non-hydrogen) atoms.